The highest BCUT2D eigenvalue weighted by atomic mass is 35.5. The highest BCUT2D eigenvalue weighted by molar-refractivity contribution is 6.42. The second-order valence-electron chi connectivity index (χ2n) is 7.65. The SMILES string of the molecule is O=c1oc2ccccc2c2c1C(c1ccc(Cl)c(Cl)c1)c1c(ccc3ccccc13)N2. The summed E-state index contributed by atoms with van der Waals surface area (Å²) in [4.78, 5) is 13.3. The Morgan fingerprint density at radius 1 is 0.774 bits per heavy atom. The van der Waals surface area contributed by atoms with Gasteiger partial charge in [-0.1, -0.05) is 71.7 Å². The van der Waals surface area contributed by atoms with E-state index in [1.54, 1.807) is 6.07 Å². The Morgan fingerprint density at radius 2 is 1.55 bits per heavy atom. The average molecular weight is 444 g/mol. The van der Waals surface area contributed by atoms with Crippen LogP contribution in [0.1, 0.15) is 22.6 Å². The minimum Gasteiger partial charge on any atom is -0.422 e. The van der Waals surface area contributed by atoms with Gasteiger partial charge in [0.1, 0.15) is 5.58 Å². The van der Waals surface area contributed by atoms with E-state index in [-0.39, 0.29) is 11.5 Å². The first-order valence-electron chi connectivity index (χ1n) is 9.91. The van der Waals surface area contributed by atoms with Gasteiger partial charge in [0.2, 0.25) is 0 Å². The standard InChI is InChI=1S/C26H15Cl2NO2/c27-18-11-9-15(13-19(18)28)22-23-16-6-2-1-5-14(16)10-12-20(23)29-25-17-7-3-4-8-21(17)31-26(30)24(22)25/h1-13,22,29H. The molecule has 1 aliphatic heterocycles. The molecular weight excluding hydrogens is 429 g/mol. The van der Waals surface area contributed by atoms with E-state index in [0.717, 1.165) is 38.7 Å². The van der Waals surface area contributed by atoms with E-state index < -0.39 is 0 Å². The summed E-state index contributed by atoms with van der Waals surface area (Å²) in [5, 5.41) is 7.48. The lowest BCUT2D eigenvalue weighted by Crippen LogP contribution is -2.22. The first-order chi connectivity index (χ1) is 15.1. The van der Waals surface area contributed by atoms with Crippen molar-refractivity contribution in [2.45, 2.75) is 5.92 Å². The zero-order valence-corrected chi connectivity index (χ0v) is 17.7. The zero-order chi connectivity index (χ0) is 21.1. The molecule has 0 radical (unpaired) electrons. The van der Waals surface area contributed by atoms with Gasteiger partial charge in [0.15, 0.2) is 0 Å². The summed E-state index contributed by atoms with van der Waals surface area (Å²) in [6.45, 7) is 0. The Labute approximate surface area is 187 Å². The normalized spacial score (nSPS) is 14.8. The zero-order valence-electron chi connectivity index (χ0n) is 16.2. The Kier molecular flexibility index (Phi) is 4.10. The van der Waals surface area contributed by atoms with Gasteiger partial charge < -0.3 is 9.73 Å². The second kappa shape index (κ2) is 6.88. The molecule has 31 heavy (non-hydrogen) atoms. The average Bonchev–Trinajstić information content (AvgIpc) is 2.79. The number of hydrogen-bond acceptors (Lipinski definition) is 3. The smallest absolute Gasteiger partial charge is 0.342 e. The van der Waals surface area contributed by atoms with Crippen LogP contribution in [0.15, 0.2) is 88.1 Å². The second-order valence-corrected chi connectivity index (χ2v) is 8.47. The molecule has 3 nitrogen and oxygen atoms in total. The highest BCUT2D eigenvalue weighted by Gasteiger charge is 2.33. The van der Waals surface area contributed by atoms with E-state index in [4.69, 9.17) is 27.6 Å². The van der Waals surface area contributed by atoms with Crippen molar-refractivity contribution in [3.63, 3.8) is 0 Å². The molecule has 6 rings (SSSR count). The van der Waals surface area contributed by atoms with E-state index >= 15 is 0 Å². The molecule has 4 aromatic carbocycles. The minimum absolute atomic E-state index is 0.354. The molecule has 0 spiro atoms. The number of nitrogens with one attached hydrogen (secondary N) is 1. The molecule has 1 atom stereocenters. The Hall–Kier alpha value is -3.27. The molecule has 1 unspecified atom stereocenters. The van der Waals surface area contributed by atoms with Crippen LogP contribution < -0.4 is 10.9 Å². The molecule has 1 aromatic heterocycles. The predicted molar refractivity (Wildman–Crippen MR) is 127 cm³/mol. The van der Waals surface area contributed by atoms with Gasteiger partial charge in [-0.25, -0.2) is 4.79 Å². The lowest BCUT2D eigenvalue weighted by atomic mass is 9.79. The van der Waals surface area contributed by atoms with Gasteiger partial charge in [0.05, 0.1) is 21.3 Å². The summed E-state index contributed by atoms with van der Waals surface area (Å²) in [5.74, 6) is -0.354. The first kappa shape index (κ1) is 18.5. The van der Waals surface area contributed by atoms with Crippen molar-refractivity contribution in [3.8, 4) is 0 Å². The summed E-state index contributed by atoms with van der Waals surface area (Å²) in [5.41, 5.74) is 4.39. The summed E-state index contributed by atoms with van der Waals surface area (Å²) >= 11 is 12.6. The molecular formula is C26H15Cl2NO2. The quantitative estimate of drug-likeness (QED) is 0.267. The third-order valence-electron chi connectivity index (χ3n) is 5.93. The van der Waals surface area contributed by atoms with Gasteiger partial charge >= 0.3 is 5.63 Å². The van der Waals surface area contributed by atoms with Gasteiger partial charge in [0.25, 0.3) is 0 Å². The van der Waals surface area contributed by atoms with Crippen molar-refractivity contribution >= 4 is 56.3 Å². The van der Waals surface area contributed by atoms with E-state index in [9.17, 15) is 4.79 Å². The highest BCUT2D eigenvalue weighted by Crippen LogP contribution is 2.48. The Bertz CT molecular complexity index is 1570. The van der Waals surface area contributed by atoms with Crippen molar-refractivity contribution < 1.29 is 4.42 Å². The van der Waals surface area contributed by atoms with Crippen molar-refractivity contribution in [3.05, 3.63) is 116 Å². The molecule has 0 amide bonds. The van der Waals surface area contributed by atoms with Crippen LogP contribution in [0, 0.1) is 0 Å². The number of fused-ring (bicyclic) bond motifs is 6. The van der Waals surface area contributed by atoms with Crippen LogP contribution in [0.2, 0.25) is 10.0 Å². The number of halogens is 2. The van der Waals surface area contributed by atoms with Crippen LogP contribution in [0.3, 0.4) is 0 Å². The minimum atomic E-state index is -0.365. The lowest BCUT2D eigenvalue weighted by Gasteiger charge is -2.30. The van der Waals surface area contributed by atoms with E-state index in [2.05, 4.69) is 29.6 Å². The molecule has 0 saturated heterocycles. The Balaban J connectivity index is 1.76. The molecule has 5 heteroatoms. The number of para-hydroxylation sites is 1. The summed E-state index contributed by atoms with van der Waals surface area (Å²) in [6, 6.07) is 25.4. The third-order valence-corrected chi connectivity index (χ3v) is 6.67. The molecule has 0 saturated carbocycles. The monoisotopic (exact) mass is 443 g/mol. The fourth-order valence-corrected chi connectivity index (χ4v) is 4.89. The van der Waals surface area contributed by atoms with Gasteiger partial charge in [0, 0.05) is 17.0 Å². The topological polar surface area (TPSA) is 42.2 Å². The summed E-state index contributed by atoms with van der Waals surface area (Å²) in [7, 11) is 0. The van der Waals surface area contributed by atoms with Gasteiger partial charge in [-0.2, -0.15) is 0 Å². The van der Waals surface area contributed by atoms with Crippen molar-refractivity contribution in [2.75, 3.05) is 5.32 Å². The molecule has 1 N–H and O–H groups in total. The van der Waals surface area contributed by atoms with Crippen LogP contribution in [0.25, 0.3) is 21.7 Å². The number of benzene rings is 4. The largest absolute Gasteiger partial charge is 0.422 e. The van der Waals surface area contributed by atoms with Crippen LogP contribution in [-0.2, 0) is 0 Å². The van der Waals surface area contributed by atoms with Crippen LogP contribution in [-0.4, -0.2) is 0 Å². The van der Waals surface area contributed by atoms with Gasteiger partial charge in [-0.3, -0.25) is 0 Å². The predicted octanol–water partition coefficient (Wildman–Crippen LogP) is 7.49. The lowest BCUT2D eigenvalue weighted by molar-refractivity contribution is 0.549. The summed E-state index contributed by atoms with van der Waals surface area (Å²) in [6.07, 6.45) is 0. The molecule has 1 aliphatic rings. The summed E-state index contributed by atoms with van der Waals surface area (Å²) < 4.78 is 5.74. The van der Waals surface area contributed by atoms with Gasteiger partial charge in [-0.05, 0) is 52.2 Å². The van der Waals surface area contributed by atoms with Crippen molar-refractivity contribution in [1.29, 1.82) is 0 Å². The first-order valence-corrected chi connectivity index (χ1v) is 10.7. The maximum Gasteiger partial charge on any atom is 0.342 e. The van der Waals surface area contributed by atoms with Gasteiger partial charge in [-0.15, -0.1) is 0 Å². The molecule has 0 bridgehead atoms. The van der Waals surface area contributed by atoms with E-state index in [1.807, 2.05) is 48.5 Å². The molecule has 5 aromatic rings. The van der Waals surface area contributed by atoms with Crippen molar-refractivity contribution in [1.82, 2.24) is 0 Å². The van der Waals surface area contributed by atoms with E-state index in [0.29, 0.717) is 21.2 Å². The van der Waals surface area contributed by atoms with Crippen LogP contribution in [0.4, 0.5) is 11.4 Å². The van der Waals surface area contributed by atoms with Crippen LogP contribution in [0.5, 0.6) is 0 Å². The fourth-order valence-electron chi connectivity index (χ4n) is 4.58. The van der Waals surface area contributed by atoms with E-state index in [1.165, 1.54) is 0 Å². The molecule has 0 aliphatic carbocycles. The number of hydrogen-bond donors (Lipinski definition) is 1. The van der Waals surface area contributed by atoms with Crippen LogP contribution >= 0.6 is 23.2 Å². The Morgan fingerprint density at radius 3 is 2.39 bits per heavy atom. The molecule has 2 heterocycles. The number of anilines is 2. The maximum absolute atomic E-state index is 13.3. The maximum atomic E-state index is 13.3. The number of rotatable bonds is 1. The third kappa shape index (κ3) is 2.78. The fraction of sp³-hybridized carbons (Fsp3) is 0.0385. The van der Waals surface area contributed by atoms with Crippen molar-refractivity contribution in [2.24, 2.45) is 0 Å². The molecule has 0 fully saturated rings. The molecule has 150 valence electrons.